The highest BCUT2D eigenvalue weighted by molar-refractivity contribution is 6.35. The summed E-state index contributed by atoms with van der Waals surface area (Å²) in [6, 6.07) is 4.55. The minimum atomic E-state index is -0.337. The van der Waals surface area contributed by atoms with Crippen molar-refractivity contribution >= 4 is 40.7 Å². The van der Waals surface area contributed by atoms with Gasteiger partial charge in [0.2, 0.25) is 0 Å². The molecule has 0 radical (unpaired) electrons. The molecule has 7 heteroatoms. The van der Waals surface area contributed by atoms with E-state index in [4.69, 9.17) is 23.2 Å². The minimum Gasteiger partial charge on any atom is -0.346 e. The third kappa shape index (κ3) is 3.62. The predicted molar refractivity (Wildman–Crippen MR) is 78.3 cm³/mol. The van der Waals surface area contributed by atoms with E-state index in [9.17, 15) is 9.59 Å². The highest BCUT2D eigenvalue weighted by Gasteiger charge is 2.30. The van der Waals surface area contributed by atoms with Gasteiger partial charge in [-0.05, 0) is 25.1 Å². The lowest BCUT2D eigenvalue weighted by molar-refractivity contribution is -0.907. The van der Waals surface area contributed by atoms with Gasteiger partial charge in [0.05, 0.1) is 23.8 Å². The summed E-state index contributed by atoms with van der Waals surface area (Å²) in [6.07, 6.45) is 0. The van der Waals surface area contributed by atoms with E-state index in [2.05, 4.69) is 10.6 Å². The second-order valence-corrected chi connectivity index (χ2v) is 5.61. The lowest BCUT2D eigenvalue weighted by Gasteiger charge is -2.28. The molecule has 20 heavy (non-hydrogen) atoms. The highest BCUT2D eigenvalue weighted by Crippen LogP contribution is 2.25. The van der Waals surface area contributed by atoms with Crippen molar-refractivity contribution in [3.8, 4) is 0 Å². The van der Waals surface area contributed by atoms with E-state index in [1.165, 1.54) is 0 Å². The number of anilines is 1. The van der Waals surface area contributed by atoms with Crippen LogP contribution in [-0.2, 0) is 9.59 Å². The van der Waals surface area contributed by atoms with Crippen LogP contribution in [0.3, 0.4) is 0 Å². The van der Waals surface area contributed by atoms with Crippen LogP contribution in [0.5, 0.6) is 0 Å². The average Bonchev–Trinajstić information content (AvgIpc) is 2.42. The van der Waals surface area contributed by atoms with E-state index >= 15 is 0 Å². The molecular formula is C13H16Cl2N3O2+. The summed E-state index contributed by atoms with van der Waals surface area (Å²) in [5.41, 5.74) is 0.483. The third-order valence-electron chi connectivity index (χ3n) is 3.35. The Balaban J connectivity index is 2.03. The summed E-state index contributed by atoms with van der Waals surface area (Å²) in [5.74, 6) is -0.217. The van der Waals surface area contributed by atoms with Crippen LogP contribution in [0.15, 0.2) is 18.2 Å². The van der Waals surface area contributed by atoms with E-state index in [-0.39, 0.29) is 17.9 Å². The van der Waals surface area contributed by atoms with Crippen LogP contribution in [0, 0.1) is 0 Å². The number of halogens is 2. The van der Waals surface area contributed by atoms with Crippen molar-refractivity contribution < 1.29 is 14.5 Å². The molecule has 0 saturated carbocycles. The molecule has 0 spiro atoms. The van der Waals surface area contributed by atoms with Crippen molar-refractivity contribution in [1.29, 1.82) is 0 Å². The predicted octanol–water partition coefficient (Wildman–Crippen LogP) is 0.335. The molecular weight excluding hydrogens is 301 g/mol. The molecule has 0 aromatic heterocycles. The fourth-order valence-electron chi connectivity index (χ4n) is 2.11. The molecule has 2 amide bonds. The van der Waals surface area contributed by atoms with Gasteiger partial charge in [0, 0.05) is 5.02 Å². The number of benzene rings is 1. The molecule has 3 N–H and O–H groups in total. The molecule has 0 bridgehead atoms. The molecule has 1 aliphatic rings. The Hall–Kier alpha value is -1.30. The summed E-state index contributed by atoms with van der Waals surface area (Å²) in [6.45, 7) is 3.41. The van der Waals surface area contributed by atoms with Crippen LogP contribution in [-0.4, -0.2) is 37.5 Å². The molecule has 1 fully saturated rings. The topological polar surface area (TPSA) is 62.6 Å². The van der Waals surface area contributed by atoms with Gasteiger partial charge in [-0.25, -0.2) is 0 Å². The zero-order valence-electron chi connectivity index (χ0n) is 11.0. The van der Waals surface area contributed by atoms with Crippen molar-refractivity contribution in [3.05, 3.63) is 28.2 Å². The third-order valence-corrected chi connectivity index (χ3v) is 3.91. The van der Waals surface area contributed by atoms with E-state index in [1.54, 1.807) is 25.1 Å². The van der Waals surface area contributed by atoms with Gasteiger partial charge in [0.25, 0.3) is 11.8 Å². The van der Waals surface area contributed by atoms with Gasteiger partial charge < -0.3 is 15.5 Å². The molecule has 2 atom stereocenters. The number of piperazine rings is 1. The lowest BCUT2D eigenvalue weighted by atomic mass is 10.2. The van der Waals surface area contributed by atoms with E-state index in [1.807, 2.05) is 0 Å². The summed E-state index contributed by atoms with van der Waals surface area (Å²) >= 11 is 11.9. The number of nitrogens with one attached hydrogen (secondary N) is 3. The van der Waals surface area contributed by atoms with Gasteiger partial charge in [-0.2, -0.15) is 0 Å². The molecule has 1 unspecified atom stereocenters. The lowest BCUT2D eigenvalue weighted by Crippen LogP contribution is -3.19. The fraction of sp³-hybridized carbons (Fsp3) is 0.385. The number of carbonyl (C=O) groups excluding carboxylic acids is 2. The Labute approximate surface area is 127 Å². The fourth-order valence-corrected chi connectivity index (χ4v) is 2.45. The normalized spacial score (nSPS) is 20.1. The first-order chi connectivity index (χ1) is 9.47. The SMILES string of the molecule is C[C@H](C(=O)Nc1cc(Cl)ccc1Cl)[NH+]1CCNC(=O)C1. The van der Waals surface area contributed by atoms with Crippen LogP contribution in [0.4, 0.5) is 5.69 Å². The number of rotatable bonds is 3. The van der Waals surface area contributed by atoms with E-state index < -0.39 is 0 Å². The molecule has 5 nitrogen and oxygen atoms in total. The molecule has 1 heterocycles. The zero-order valence-corrected chi connectivity index (χ0v) is 12.5. The van der Waals surface area contributed by atoms with Crippen LogP contribution in [0.1, 0.15) is 6.92 Å². The maximum atomic E-state index is 12.2. The maximum absolute atomic E-state index is 12.2. The first-order valence-electron chi connectivity index (χ1n) is 6.34. The molecule has 1 saturated heterocycles. The number of hydrogen-bond donors (Lipinski definition) is 3. The van der Waals surface area contributed by atoms with Crippen molar-refractivity contribution in [2.45, 2.75) is 13.0 Å². The summed E-state index contributed by atoms with van der Waals surface area (Å²) < 4.78 is 0. The monoisotopic (exact) mass is 316 g/mol. The summed E-state index contributed by atoms with van der Waals surface area (Å²) in [5, 5.41) is 6.43. The molecule has 0 aliphatic carbocycles. The number of amides is 2. The van der Waals surface area contributed by atoms with Crippen LogP contribution in [0.2, 0.25) is 10.0 Å². The van der Waals surface area contributed by atoms with Crippen molar-refractivity contribution in [1.82, 2.24) is 5.32 Å². The molecule has 1 aromatic rings. The highest BCUT2D eigenvalue weighted by atomic mass is 35.5. The quantitative estimate of drug-likeness (QED) is 0.753. The summed E-state index contributed by atoms with van der Waals surface area (Å²) in [7, 11) is 0. The Morgan fingerprint density at radius 2 is 2.20 bits per heavy atom. The Morgan fingerprint density at radius 1 is 1.45 bits per heavy atom. The average molecular weight is 317 g/mol. The molecule has 1 aromatic carbocycles. The van der Waals surface area contributed by atoms with Crippen molar-refractivity contribution in [2.75, 3.05) is 25.0 Å². The van der Waals surface area contributed by atoms with Gasteiger partial charge >= 0.3 is 0 Å². The Morgan fingerprint density at radius 3 is 2.90 bits per heavy atom. The van der Waals surface area contributed by atoms with Crippen LogP contribution in [0.25, 0.3) is 0 Å². The van der Waals surface area contributed by atoms with Crippen molar-refractivity contribution in [2.24, 2.45) is 0 Å². The summed E-state index contributed by atoms with van der Waals surface area (Å²) in [4.78, 5) is 24.5. The van der Waals surface area contributed by atoms with Crippen LogP contribution >= 0.6 is 23.2 Å². The van der Waals surface area contributed by atoms with E-state index in [0.29, 0.717) is 28.8 Å². The molecule has 1 aliphatic heterocycles. The van der Waals surface area contributed by atoms with Crippen molar-refractivity contribution in [3.63, 3.8) is 0 Å². The minimum absolute atomic E-state index is 0.0355. The number of hydrogen-bond acceptors (Lipinski definition) is 2. The number of carbonyl (C=O) groups is 2. The first-order valence-corrected chi connectivity index (χ1v) is 7.10. The maximum Gasteiger partial charge on any atom is 0.282 e. The second-order valence-electron chi connectivity index (χ2n) is 4.77. The van der Waals surface area contributed by atoms with Gasteiger partial charge in [0.1, 0.15) is 0 Å². The second kappa shape index (κ2) is 6.43. The standard InChI is InChI=1S/C13H15Cl2N3O2/c1-8(18-5-4-16-12(19)7-18)13(20)17-11-6-9(14)2-3-10(11)15/h2-3,6,8H,4-5,7H2,1H3,(H,16,19)(H,17,20)/p+1/t8-/m1/s1. The molecule has 2 rings (SSSR count). The zero-order chi connectivity index (χ0) is 14.7. The number of quaternary nitrogens is 1. The van der Waals surface area contributed by atoms with Gasteiger partial charge in [-0.1, -0.05) is 23.2 Å². The van der Waals surface area contributed by atoms with Crippen LogP contribution < -0.4 is 15.5 Å². The smallest absolute Gasteiger partial charge is 0.282 e. The Bertz CT molecular complexity index is 536. The first kappa shape index (κ1) is 15.1. The molecule has 108 valence electrons. The van der Waals surface area contributed by atoms with E-state index in [0.717, 1.165) is 11.4 Å². The Kier molecular flexibility index (Phi) is 4.86. The van der Waals surface area contributed by atoms with Gasteiger partial charge in [0.15, 0.2) is 12.6 Å². The van der Waals surface area contributed by atoms with Gasteiger partial charge in [-0.3, -0.25) is 9.59 Å². The largest absolute Gasteiger partial charge is 0.346 e. The van der Waals surface area contributed by atoms with Gasteiger partial charge in [-0.15, -0.1) is 0 Å².